The first kappa shape index (κ1) is 12.8. The molecule has 4 nitrogen and oxygen atoms in total. The Morgan fingerprint density at radius 2 is 1.91 bits per heavy atom. The monoisotopic (exact) mass is 289 g/mol. The van der Waals surface area contributed by atoms with Gasteiger partial charge in [0.1, 0.15) is 5.82 Å². The van der Waals surface area contributed by atoms with Crippen molar-refractivity contribution in [2.24, 2.45) is 0 Å². The molecule has 0 bridgehead atoms. The Labute approximate surface area is 127 Å². The molecule has 4 aromatic rings. The number of carbonyl (C=O) groups excluding carboxylic acids is 1. The highest BCUT2D eigenvalue weighted by Gasteiger charge is 2.16. The van der Waals surface area contributed by atoms with E-state index in [1.54, 1.807) is 0 Å². The third kappa shape index (κ3) is 1.64. The molecule has 2 aromatic carbocycles. The number of para-hydroxylation sites is 1. The van der Waals surface area contributed by atoms with Gasteiger partial charge < -0.3 is 5.32 Å². The number of hydrogen-bond acceptors (Lipinski definition) is 2. The molecule has 1 N–H and O–H groups in total. The molecule has 0 radical (unpaired) electrons. The summed E-state index contributed by atoms with van der Waals surface area (Å²) in [6, 6.07) is 14.3. The van der Waals surface area contributed by atoms with Crippen LogP contribution in [0, 0.1) is 13.8 Å². The van der Waals surface area contributed by atoms with Crippen molar-refractivity contribution < 1.29 is 4.79 Å². The van der Waals surface area contributed by atoms with E-state index in [9.17, 15) is 4.79 Å². The second kappa shape index (κ2) is 4.56. The maximum atomic E-state index is 11.1. The van der Waals surface area contributed by atoms with Crippen molar-refractivity contribution in [2.45, 2.75) is 13.8 Å². The zero-order valence-electron chi connectivity index (χ0n) is 12.4. The summed E-state index contributed by atoms with van der Waals surface area (Å²) >= 11 is 0. The average molecular weight is 289 g/mol. The van der Waals surface area contributed by atoms with Gasteiger partial charge in [0.15, 0.2) is 0 Å². The number of fused-ring (bicyclic) bond motifs is 5. The molecule has 108 valence electrons. The minimum Gasteiger partial charge on any atom is -0.326 e. The summed E-state index contributed by atoms with van der Waals surface area (Å²) in [5, 5.41) is 4.95. The first-order valence-electron chi connectivity index (χ1n) is 7.21. The van der Waals surface area contributed by atoms with Gasteiger partial charge in [-0.15, -0.1) is 0 Å². The van der Waals surface area contributed by atoms with Crippen molar-refractivity contribution in [3.05, 3.63) is 53.9 Å². The number of amides is 1. The molecule has 0 aliphatic heterocycles. The highest BCUT2D eigenvalue weighted by atomic mass is 16.1. The molecule has 0 aliphatic carbocycles. The third-order valence-electron chi connectivity index (χ3n) is 4.09. The lowest BCUT2D eigenvalue weighted by Crippen LogP contribution is -1.99. The van der Waals surface area contributed by atoms with E-state index in [4.69, 9.17) is 4.98 Å². The summed E-state index contributed by atoms with van der Waals surface area (Å²) in [5.41, 5.74) is 5.00. The first-order chi connectivity index (χ1) is 10.7. The molecule has 0 atom stereocenters. The SMILES string of the molecule is Cc1ccc2nc(C)n3c4ccccc4c(NC=O)c3c2c1. The van der Waals surface area contributed by atoms with E-state index < -0.39 is 0 Å². The molecule has 0 unspecified atom stereocenters. The van der Waals surface area contributed by atoms with Gasteiger partial charge in [0.05, 0.1) is 22.2 Å². The van der Waals surface area contributed by atoms with E-state index in [0.717, 1.165) is 45.2 Å². The Morgan fingerprint density at radius 1 is 1.09 bits per heavy atom. The highest BCUT2D eigenvalue weighted by Crippen LogP contribution is 2.36. The molecule has 2 heterocycles. The first-order valence-corrected chi connectivity index (χ1v) is 7.21. The van der Waals surface area contributed by atoms with Crippen molar-refractivity contribution in [1.29, 1.82) is 0 Å². The Balaban J connectivity index is 2.36. The molecule has 2 aromatic heterocycles. The fourth-order valence-corrected chi connectivity index (χ4v) is 3.20. The highest BCUT2D eigenvalue weighted by molar-refractivity contribution is 6.14. The van der Waals surface area contributed by atoms with Crippen molar-refractivity contribution in [3.63, 3.8) is 0 Å². The van der Waals surface area contributed by atoms with Crippen molar-refractivity contribution in [3.8, 4) is 0 Å². The van der Waals surface area contributed by atoms with Crippen LogP contribution in [0.2, 0.25) is 0 Å². The molecular formula is C18H15N3O. The van der Waals surface area contributed by atoms with Gasteiger partial charge in [0.2, 0.25) is 6.41 Å². The maximum absolute atomic E-state index is 11.1. The summed E-state index contributed by atoms with van der Waals surface area (Å²) in [7, 11) is 0. The molecule has 0 saturated carbocycles. The van der Waals surface area contributed by atoms with Crippen LogP contribution in [0.15, 0.2) is 42.5 Å². The Kier molecular flexibility index (Phi) is 2.66. The van der Waals surface area contributed by atoms with Crippen LogP contribution >= 0.6 is 0 Å². The van der Waals surface area contributed by atoms with Crippen molar-refractivity contribution in [1.82, 2.24) is 9.38 Å². The van der Waals surface area contributed by atoms with Crippen LogP contribution in [0.4, 0.5) is 5.69 Å². The van der Waals surface area contributed by atoms with Gasteiger partial charge in [-0.3, -0.25) is 9.20 Å². The summed E-state index contributed by atoms with van der Waals surface area (Å²) in [6.45, 7) is 4.05. The molecule has 0 aliphatic rings. The van der Waals surface area contributed by atoms with E-state index in [2.05, 4.69) is 34.8 Å². The van der Waals surface area contributed by atoms with E-state index in [1.165, 1.54) is 5.56 Å². The smallest absolute Gasteiger partial charge is 0.211 e. The van der Waals surface area contributed by atoms with Crippen molar-refractivity contribution in [2.75, 3.05) is 5.32 Å². The van der Waals surface area contributed by atoms with Crippen LogP contribution in [0.3, 0.4) is 0 Å². The normalized spacial score (nSPS) is 11.4. The van der Waals surface area contributed by atoms with E-state index >= 15 is 0 Å². The zero-order chi connectivity index (χ0) is 15.3. The summed E-state index contributed by atoms with van der Waals surface area (Å²) < 4.78 is 2.11. The Bertz CT molecular complexity index is 1050. The van der Waals surface area contributed by atoms with Crippen LogP contribution in [-0.4, -0.2) is 15.8 Å². The number of carbonyl (C=O) groups is 1. The largest absolute Gasteiger partial charge is 0.326 e. The minimum atomic E-state index is 0.735. The Morgan fingerprint density at radius 3 is 2.73 bits per heavy atom. The van der Waals surface area contributed by atoms with Crippen LogP contribution < -0.4 is 5.32 Å². The van der Waals surface area contributed by atoms with Gasteiger partial charge >= 0.3 is 0 Å². The number of rotatable bonds is 2. The van der Waals surface area contributed by atoms with Crippen LogP contribution in [-0.2, 0) is 4.79 Å². The van der Waals surface area contributed by atoms with Crippen LogP contribution in [0.1, 0.15) is 11.4 Å². The summed E-state index contributed by atoms with van der Waals surface area (Å²) in [6.07, 6.45) is 0.735. The van der Waals surface area contributed by atoms with E-state index in [0.29, 0.717) is 0 Å². The van der Waals surface area contributed by atoms with E-state index in [-0.39, 0.29) is 0 Å². The number of nitrogens with zero attached hydrogens (tertiary/aromatic N) is 2. The number of aryl methyl sites for hydroxylation is 2. The fourth-order valence-electron chi connectivity index (χ4n) is 3.20. The number of aromatic nitrogens is 2. The van der Waals surface area contributed by atoms with Gasteiger partial charge in [-0.1, -0.05) is 29.8 Å². The predicted molar refractivity (Wildman–Crippen MR) is 89.4 cm³/mol. The average Bonchev–Trinajstić information content (AvgIpc) is 2.85. The lowest BCUT2D eigenvalue weighted by molar-refractivity contribution is -0.105. The molecule has 4 rings (SSSR count). The summed E-state index contributed by atoms with van der Waals surface area (Å²) in [4.78, 5) is 15.8. The van der Waals surface area contributed by atoms with Gasteiger partial charge in [0, 0.05) is 10.8 Å². The quantitative estimate of drug-likeness (QED) is 0.570. The number of hydrogen-bond donors (Lipinski definition) is 1. The number of nitrogens with one attached hydrogen (secondary N) is 1. The predicted octanol–water partition coefficient (Wildman–Crippen LogP) is 3.83. The molecule has 0 saturated heterocycles. The number of benzene rings is 2. The second-order valence-corrected chi connectivity index (χ2v) is 5.52. The van der Waals surface area contributed by atoms with Gasteiger partial charge in [-0.2, -0.15) is 0 Å². The molecule has 4 heteroatoms. The molecule has 0 fully saturated rings. The minimum absolute atomic E-state index is 0.735. The Hall–Kier alpha value is -2.88. The molecular weight excluding hydrogens is 274 g/mol. The van der Waals surface area contributed by atoms with Gasteiger partial charge in [-0.25, -0.2) is 4.98 Å². The van der Waals surface area contributed by atoms with Crippen LogP contribution in [0.5, 0.6) is 0 Å². The fraction of sp³-hybridized carbons (Fsp3) is 0.111. The van der Waals surface area contributed by atoms with Gasteiger partial charge in [0.25, 0.3) is 0 Å². The van der Waals surface area contributed by atoms with Crippen LogP contribution in [0.25, 0.3) is 27.3 Å². The maximum Gasteiger partial charge on any atom is 0.211 e. The lowest BCUT2D eigenvalue weighted by atomic mass is 10.1. The molecule has 0 spiro atoms. The van der Waals surface area contributed by atoms with E-state index in [1.807, 2.05) is 31.2 Å². The van der Waals surface area contributed by atoms with Crippen molar-refractivity contribution >= 4 is 39.4 Å². The standard InChI is InChI=1S/C18H15N3O/c1-11-7-8-15-14(9-11)18-17(19-10-22)13-5-3-4-6-16(13)21(18)12(2)20-15/h3-10H,1-2H3,(H,19,22). The third-order valence-corrected chi connectivity index (χ3v) is 4.09. The molecule has 22 heavy (non-hydrogen) atoms. The lowest BCUT2D eigenvalue weighted by Gasteiger charge is -2.08. The second-order valence-electron chi connectivity index (χ2n) is 5.52. The van der Waals surface area contributed by atoms with Gasteiger partial charge in [-0.05, 0) is 32.0 Å². The zero-order valence-corrected chi connectivity index (χ0v) is 12.4. The number of anilines is 1. The summed E-state index contributed by atoms with van der Waals surface area (Å²) in [5.74, 6) is 0.904. The topological polar surface area (TPSA) is 46.4 Å². The molecule has 1 amide bonds.